The smallest absolute Gasteiger partial charge is 0.225 e. The highest BCUT2D eigenvalue weighted by atomic mass is 16.2. The number of amides is 1. The van der Waals surface area contributed by atoms with E-state index >= 15 is 0 Å². The van der Waals surface area contributed by atoms with Crippen LogP contribution in [0.5, 0.6) is 0 Å². The Morgan fingerprint density at radius 1 is 1.75 bits per heavy atom. The van der Waals surface area contributed by atoms with Gasteiger partial charge in [0.1, 0.15) is 0 Å². The van der Waals surface area contributed by atoms with Gasteiger partial charge >= 0.3 is 0 Å². The molecule has 1 heterocycles. The van der Waals surface area contributed by atoms with Gasteiger partial charge in [-0.2, -0.15) is 0 Å². The highest BCUT2D eigenvalue weighted by Crippen LogP contribution is 2.15. The van der Waals surface area contributed by atoms with Crippen LogP contribution >= 0.6 is 0 Å². The molecule has 1 amide bonds. The van der Waals surface area contributed by atoms with E-state index in [1.165, 1.54) is 0 Å². The summed E-state index contributed by atoms with van der Waals surface area (Å²) in [7, 11) is 0. The van der Waals surface area contributed by atoms with Crippen LogP contribution in [-0.4, -0.2) is 11.9 Å². The number of hydrogen-bond acceptors (Lipinski definition) is 1. The third-order valence-corrected chi connectivity index (χ3v) is 1.78. The first-order valence-electron chi connectivity index (χ1n) is 3.06. The van der Waals surface area contributed by atoms with Crippen molar-refractivity contribution in [2.24, 2.45) is 5.92 Å². The van der Waals surface area contributed by atoms with Gasteiger partial charge in [-0.1, -0.05) is 13.8 Å². The highest BCUT2D eigenvalue weighted by molar-refractivity contribution is 5.85. The first-order valence-corrected chi connectivity index (χ1v) is 3.06. The SMILES string of the molecule is CC[C@H]1NC(=O)[C@H]1C. The minimum Gasteiger partial charge on any atom is -0.352 e. The molecule has 2 atom stereocenters. The molecule has 1 fully saturated rings. The Bertz CT molecular complexity index is 111. The van der Waals surface area contributed by atoms with Gasteiger partial charge in [0.2, 0.25) is 5.91 Å². The van der Waals surface area contributed by atoms with Crippen molar-refractivity contribution in [1.29, 1.82) is 0 Å². The van der Waals surface area contributed by atoms with Crippen molar-refractivity contribution < 1.29 is 4.79 Å². The number of β-lactam (4-membered cyclic amide) rings is 1. The first kappa shape index (κ1) is 5.60. The lowest BCUT2D eigenvalue weighted by molar-refractivity contribution is -0.134. The molecule has 1 aliphatic heterocycles. The summed E-state index contributed by atoms with van der Waals surface area (Å²) in [4.78, 5) is 10.5. The van der Waals surface area contributed by atoms with E-state index in [-0.39, 0.29) is 11.8 Å². The fourth-order valence-electron chi connectivity index (χ4n) is 0.981. The molecule has 0 aromatic carbocycles. The van der Waals surface area contributed by atoms with Gasteiger partial charge in [0, 0.05) is 6.04 Å². The van der Waals surface area contributed by atoms with Crippen molar-refractivity contribution in [1.82, 2.24) is 5.32 Å². The molecule has 8 heavy (non-hydrogen) atoms. The van der Waals surface area contributed by atoms with E-state index in [0.29, 0.717) is 6.04 Å². The van der Waals surface area contributed by atoms with Gasteiger partial charge in [0.15, 0.2) is 0 Å². The summed E-state index contributed by atoms with van der Waals surface area (Å²) in [5.74, 6) is 0.469. The number of rotatable bonds is 1. The van der Waals surface area contributed by atoms with Gasteiger partial charge in [-0.3, -0.25) is 4.79 Å². The Morgan fingerprint density at radius 3 is 2.50 bits per heavy atom. The van der Waals surface area contributed by atoms with E-state index in [9.17, 15) is 4.79 Å². The number of carbonyl (C=O) groups excluding carboxylic acids is 1. The molecule has 2 heteroatoms. The van der Waals surface area contributed by atoms with Crippen molar-refractivity contribution in [3.63, 3.8) is 0 Å². The lowest BCUT2D eigenvalue weighted by Gasteiger charge is -2.33. The average Bonchev–Trinajstić information content (AvgIpc) is 1.81. The van der Waals surface area contributed by atoms with E-state index in [0.717, 1.165) is 6.42 Å². The second-order valence-corrected chi connectivity index (χ2v) is 2.31. The van der Waals surface area contributed by atoms with Crippen LogP contribution in [-0.2, 0) is 4.79 Å². The van der Waals surface area contributed by atoms with Crippen molar-refractivity contribution >= 4 is 5.91 Å². The molecule has 1 aliphatic rings. The molecular weight excluding hydrogens is 102 g/mol. The van der Waals surface area contributed by atoms with Gasteiger partial charge in [0.05, 0.1) is 5.92 Å². The van der Waals surface area contributed by atoms with E-state index < -0.39 is 0 Å². The molecule has 0 aromatic rings. The van der Waals surface area contributed by atoms with Crippen LogP contribution in [0.3, 0.4) is 0 Å². The summed E-state index contributed by atoms with van der Waals surface area (Å²) < 4.78 is 0. The maximum absolute atomic E-state index is 10.5. The lowest BCUT2D eigenvalue weighted by Crippen LogP contribution is -2.56. The predicted octanol–water partition coefficient (Wildman–Crippen LogP) is 0.531. The minimum atomic E-state index is 0.205. The average molecular weight is 113 g/mol. The predicted molar refractivity (Wildman–Crippen MR) is 31.4 cm³/mol. The van der Waals surface area contributed by atoms with E-state index in [1.807, 2.05) is 6.92 Å². The van der Waals surface area contributed by atoms with Gasteiger partial charge in [-0.15, -0.1) is 0 Å². The highest BCUT2D eigenvalue weighted by Gasteiger charge is 2.32. The summed E-state index contributed by atoms with van der Waals surface area (Å²) in [6.45, 7) is 4.05. The Balaban J connectivity index is 2.35. The number of hydrogen-bond donors (Lipinski definition) is 1. The molecule has 2 nitrogen and oxygen atoms in total. The lowest BCUT2D eigenvalue weighted by atomic mass is 9.91. The second-order valence-electron chi connectivity index (χ2n) is 2.31. The van der Waals surface area contributed by atoms with E-state index in [1.54, 1.807) is 0 Å². The van der Waals surface area contributed by atoms with Gasteiger partial charge in [-0.25, -0.2) is 0 Å². The topological polar surface area (TPSA) is 29.1 Å². The van der Waals surface area contributed by atoms with Crippen molar-refractivity contribution in [3.8, 4) is 0 Å². The maximum atomic E-state index is 10.5. The molecule has 0 unspecified atom stereocenters. The standard InChI is InChI=1S/C6H11NO/c1-3-5-4(2)6(8)7-5/h4-5H,3H2,1-2H3,(H,7,8)/t4-,5+/m0/s1. The Morgan fingerprint density at radius 2 is 2.38 bits per heavy atom. The summed E-state index contributed by atoms with van der Waals surface area (Å²) in [5, 5.41) is 2.80. The number of carbonyl (C=O) groups is 1. The normalized spacial score (nSPS) is 36.0. The van der Waals surface area contributed by atoms with Crippen molar-refractivity contribution in [2.75, 3.05) is 0 Å². The molecule has 1 N–H and O–H groups in total. The van der Waals surface area contributed by atoms with Crippen LogP contribution in [0.15, 0.2) is 0 Å². The Labute approximate surface area is 49.3 Å². The van der Waals surface area contributed by atoms with Gasteiger partial charge in [0.25, 0.3) is 0 Å². The van der Waals surface area contributed by atoms with Crippen molar-refractivity contribution in [2.45, 2.75) is 26.3 Å². The quantitative estimate of drug-likeness (QED) is 0.494. The Hall–Kier alpha value is -0.530. The molecule has 0 aromatic heterocycles. The summed E-state index contributed by atoms with van der Waals surface area (Å²) in [6, 6.07) is 0.461. The molecule has 46 valence electrons. The Kier molecular flexibility index (Phi) is 1.24. The fourth-order valence-corrected chi connectivity index (χ4v) is 0.981. The largest absolute Gasteiger partial charge is 0.352 e. The van der Waals surface area contributed by atoms with Crippen LogP contribution in [0.25, 0.3) is 0 Å². The van der Waals surface area contributed by atoms with Gasteiger partial charge < -0.3 is 5.32 Å². The molecule has 1 saturated heterocycles. The third-order valence-electron chi connectivity index (χ3n) is 1.78. The van der Waals surface area contributed by atoms with E-state index in [2.05, 4.69) is 12.2 Å². The molecule has 0 radical (unpaired) electrons. The molecule has 0 bridgehead atoms. The molecule has 0 spiro atoms. The van der Waals surface area contributed by atoms with Crippen LogP contribution in [0.2, 0.25) is 0 Å². The monoisotopic (exact) mass is 113 g/mol. The molecular formula is C6H11NO. The third kappa shape index (κ3) is 0.602. The zero-order valence-electron chi connectivity index (χ0n) is 5.27. The van der Waals surface area contributed by atoms with Crippen LogP contribution in [0, 0.1) is 5.92 Å². The van der Waals surface area contributed by atoms with E-state index in [4.69, 9.17) is 0 Å². The molecule has 0 saturated carbocycles. The molecule has 0 aliphatic carbocycles. The minimum absolute atomic E-state index is 0.205. The zero-order valence-corrected chi connectivity index (χ0v) is 5.27. The van der Waals surface area contributed by atoms with Crippen LogP contribution < -0.4 is 5.32 Å². The summed E-state index contributed by atoms with van der Waals surface area (Å²) in [5.41, 5.74) is 0. The fraction of sp³-hybridized carbons (Fsp3) is 0.833. The van der Waals surface area contributed by atoms with Crippen LogP contribution in [0.4, 0.5) is 0 Å². The first-order chi connectivity index (χ1) is 3.75. The summed E-state index contributed by atoms with van der Waals surface area (Å²) >= 11 is 0. The summed E-state index contributed by atoms with van der Waals surface area (Å²) in [6.07, 6.45) is 1.06. The van der Waals surface area contributed by atoms with Crippen LogP contribution in [0.1, 0.15) is 20.3 Å². The van der Waals surface area contributed by atoms with Gasteiger partial charge in [-0.05, 0) is 6.42 Å². The zero-order chi connectivity index (χ0) is 6.15. The van der Waals surface area contributed by atoms with Crippen molar-refractivity contribution in [3.05, 3.63) is 0 Å². The second kappa shape index (κ2) is 1.77. The maximum Gasteiger partial charge on any atom is 0.225 e. The molecule has 1 rings (SSSR count). The number of nitrogens with one attached hydrogen (secondary N) is 1.